The zero-order chi connectivity index (χ0) is 20.7. The predicted octanol–water partition coefficient (Wildman–Crippen LogP) is 4.00. The molecule has 0 saturated heterocycles. The summed E-state index contributed by atoms with van der Waals surface area (Å²) in [4.78, 5) is 28.3. The van der Waals surface area contributed by atoms with Crippen LogP contribution in [0.15, 0.2) is 70.4 Å². The quantitative estimate of drug-likeness (QED) is 0.439. The van der Waals surface area contributed by atoms with Crippen LogP contribution in [0.1, 0.15) is 11.3 Å². The number of rotatable bonds is 4. The molecule has 1 aromatic carbocycles. The monoisotopic (exact) mass is 415 g/mol. The Morgan fingerprint density at radius 1 is 1.10 bits per heavy atom. The summed E-state index contributed by atoms with van der Waals surface area (Å²) in [7, 11) is 0. The summed E-state index contributed by atoms with van der Waals surface area (Å²) < 4.78 is 1.73. The maximum atomic E-state index is 12.4. The lowest BCUT2D eigenvalue weighted by Crippen LogP contribution is -2.06. The second-order valence-electron chi connectivity index (χ2n) is 6.93. The number of pyridine rings is 1. The van der Waals surface area contributed by atoms with E-state index < -0.39 is 0 Å². The van der Waals surface area contributed by atoms with Gasteiger partial charge in [-0.3, -0.25) is 19.4 Å². The highest BCUT2D eigenvalue weighted by Crippen LogP contribution is 2.34. The second kappa shape index (κ2) is 7.16. The molecule has 148 valence electrons. The Balaban J connectivity index is 1.41. The largest absolute Gasteiger partial charge is 0.361 e. The Morgan fingerprint density at radius 3 is 2.63 bits per heavy atom. The average molecular weight is 415 g/mol. The molecule has 4 heterocycles. The smallest absolute Gasteiger partial charge is 0.264 e. The van der Waals surface area contributed by atoms with Crippen LogP contribution in [0.2, 0.25) is 0 Å². The summed E-state index contributed by atoms with van der Waals surface area (Å²) in [6.45, 7) is 1.86. The number of carbonyl (C=O) groups excluding carboxylic acids is 1. The highest BCUT2D eigenvalue weighted by Gasteiger charge is 2.26. The molecule has 3 N–H and O–H groups in total. The molecule has 8 heteroatoms. The normalized spacial score (nSPS) is 14.0. The van der Waals surface area contributed by atoms with E-state index in [1.807, 2.05) is 48.7 Å². The molecule has 0 aliphatic carbocycles. The summed E-state index contributed by atoms with van der Waals surface area (Å²) >= 11 is 1.62. The maximum Gasteiger partial charge on any atom is 0.264 e. The van der Waals surface area contributed by atoms with E-state index in [1.165, 1.54) is 0 Å². The molecule has 1 amide bonds. The van der Waals surface area contributed by atoms with Crippen molar-refractivity contribution in [1.29, 1.82) is 0 Å². The topological polar surface area (TPSA) is 91.8 Å². The molecule has 0 bridgehead atoms. The lowest BCUT2D eigenvalue weighted by Gasteiger charge is -2.07. The summed E-state index contributed by atoms with van der Waals surface area (Å²) in [6.07, 6.45) is 3.46. The molecule has 1 aliphatic rings. The Labute approximate surface area is 175 Å². The van der Waals surface area contributed by atoms with Crippen molar-refractivity contribution in [2.24, 2.45) is 0 Å². The van der Waals surface area contributed by atoms with Gasteiger partial charge in [-0.2, -0.15) is 11.3 Å². The van der Waals surface area contributed by atoms with Gasteiger partial charge in [-0.1, -0.05) is 0 Å². The van der Waals surface area contributed by atoms with Gasteiger partial charge in [0, 0.05) is 41.0 Å². The molecule has 0 atom stereocenters. The molecule has 5 rings (SSSR count). The van der Waals surface area contributed by atoms with Crippen molar-refractivity contribution in [3.63, 3.8) is 0 Å². The molecule has 3 aromatic heterocycles. The van der Waals surface area contributed by atoms with Crippen molar-refractivity contribution in [2.45, 2.75) is 6.92 Å². The Morgan fingerprint density at radius 2 is 1.93 bits per heavy atom. The first-order valence-electron chi connectivity index (χ1n) is 9.29. The minimum atomic E-state index is -0.190. The van der Waals surface area contributed by atoms with E-state index in [4.69, 9.17) is 0 Å². The van der Waals surface area contributed by atoms with Gasteiger partial charge < -0.3 is 10.6 Å². The average Bonchev–Trinajstić information content (AvgIpc) is 3.45. The molecule has 7 nitrogen and oxygen atoms in total. The van der Waals surface area contributed by atoms with E-state index in [-0.39, 0.29) is 11.5 Å². The van der Waals surface area contributed by atoms with Gasteiger partial charge in [-0.15, -0.1) is 0 Å². The van der Waals surface area contributed by atoms with Gasteiger partial charge in [-0.25, -0.2) is 4.98 Å². The van der Waals surface area contributed by atoms with Gasteiger partial charge in [0.15, 0.2) is 0 Å². The number of benzene rings is 1. The number of carbonyl (C=O) groups is 1. The standard InChI is InChI=1S/C22H17N5O2S/c1-13-8-20(28)26-27(13)17-4-2-16(3-5-17)23-11-19-18-9-15(14-6-7-30-12-14)10-24-21(18)25-22(19)29/h2-12,23H,1H3,(H,26,28)(H,24,25,29)/b19-11-. The fourth-order valence-electron chi connectivity index (χ4n) is 3.41. The van der Waals surface area contributed by atoms with Crippen LogP contribution in [0.5, 0.6) is 0 Å². The number of fused-ring (bicyclic) bond motifs is 1. The summed E-state index contributed by atoms with van der Waals surface area (Å²) in [5.74, 6) is 0.374. The lowest BCUT2D eigenvalue weighted by atomic mass is 10.1. The zero-order valence-corrected chi connectivity index (χ0v) is 16.8. The number of H-pyrrole nitrogens is 1. The number of aromatic amines is 1. The third kappa shape index (κ3) is 3.23. The van der Waals surface area contributed by atoms with E-state index in [2.05, 4.69) is 26.1 Å². The fraction of sp³-hybridized carbons (Fsp3) is 0.0455. The summed E-state index contributed by atoms with van der Waals surface area (Å²) in [6, 6.07) is 13.1. The van der Waals surface area contributed by atoms with E-state index in [0.29, 0.717) is 11.4 Å². The Hall–Kier alpha value is -3.91. The number of thiophene rings is 1. The number of aryl methyl sites for hydroxylation is 1. The second-order valence-corrected chi connectivity index (χ2v) is 7.71. The zero-order valence-electron chi connectivity index (χ0n) is 16.0. The number of aromatic nitrogens is 3. The predicted molar refractivity (Wildman–Crippen MR) is 119 cm³/mol. The van der Waals surface area contributed by atoms with Crippen LogP contribution in [0.4, 0.5) is 11.5 Å². The van der Waals surface area contributed by atoms with Crippen molar-refractivity contribution in [1.82, 2.24) is 14.8 Å². The molecule has 0 radical (unpaired) electrons. The van der Waals surface area contributed by atoms with Crippen LogP contribution in [-0.2, 0) is 4.79 Å². The summed E-state index contributed by atoms with van der Waals surface area (Å²) in [5, 5.41) is 12.8. The molecule has 30 heavy (non-hydrogen) atoms. The minimum absolute atomic E-state index is 0.138. The summed E-state index contributed by atoms with van der Waals surface area (Å²) in [5.41, 5.74) is 5.71. The van der Waals surface area contributed by atoms with Crippen molar-refractivity contribution < 1.29 is 4.79 Å². The highest BCUT2D eigenvalue weighted by molar-refractivity contribution is 7.08. The molecule has 1 aliphatic heterocycles. The SMILES string of the molecule is Cc1cc(=O)[nH]n1-c1ccc(N/C=C2\C(=O)Nc3ncc(-c4ccsc4)cc32)cc1. The minimum Gasteiger partial charge on any atom is -0.361 e. The lowest BCUT2D eigenvalue weighted by molar-refractivity contribution is -0.110. The van der Waals surface area contributed by atoms with Crippen LogP contribution < -0.4 is 16.2 Å². The van der Waals surface area contributed by atoms with Crippen LogP contribution in [-0.4, -0.2) is 20.7 Å². The maximum absolute atomic E-state index is 12.4. The van der Waals surface area contributed by atoms with Gasteiger partial charge >= 0.3 is 0 Å². The molecule has 4 aromatic rings. The number of nitrogens with one attached hydrogen (secondary N) is 3. The van der Waals surface area contributed by atoms with Crippen LogP contribution in [0.25, 0.3) is 22.4 Å². The molecule has 0 fully saturated rings. The van der Waals surface area contributed by atoms with Crippen molar-refractivity contribution in [2.75, 3.05) is 10.6 Å². The number of hydrogen-bond donors (Lipinski definition) is 3. The molecule has 0 spiro atoms. The Kier molecular flexibility index (Phi) is 4.33. The van der Waals surface area contributed by atoms with E-state index >= 15 is 0 Å². The highest BCUT2D eigenvalue weighted by atomic mass is 32.1. The van der Waals surface area contributed by atoms with Gasteiger partial charge in [0.25, 0.3) is 11.5 Å². The van der Waals surface area contributed by atoms with Crippen molar-refractivity contribution in [3.05, 3.63) is 87.2 Å². The number of nitrogens with zero attached hydrogens (tertiary/aromatic N) is 2. The van der Waals surface area contributed by atoms with Gasteiger partial charge in [0.1, 0.15) is 5.82 Å². The van der Waals surface area contributed by atoms with Crippen LogP contribution >= 0.6 is 11.3 Å². The van der Waals surface area contributed by atoms with Gasteiger partial charge in [-0.05, 0) is 59.6 Å². The molecule has 0 saturated carbocycles. The first kappa shape index (κ1) is 18.1. The Bertz CT molecular complexity index is 1330. The van der Waals surface area contributed by atoms with Crippen molar-refractivity contribution >= 4 is 34.3 Å². The van der Waals surface area contributed by atoms with Gasteiger partial charge in [0.2, 0.25) is 0 Å². The van der Waals surface area contributed by atoms with Crippen LogP contribution in [0.3, 0.4) is 0 Å². The van der Waals surface area contributed by atoms with E-state index in [1.54, 1.807) is 34.5 Å². The molecule has 0 unspecified atom stereocenters. The number of amides is 1. The van der Waals surface area contributed by atoms with Crippen LogP contribution in [0, 0.1) is 6.92 Å². The van der Waals surface area contributed by atoms with Gasteiger partial charge in [0.05, 0.1) is 11.3 Å². The first-order valence-corrected chi connectivity index (χ1v) is 10.2. The molecular weight excluding hydrogens is 398 g/mol. The van der Waals surface area contributed by atoms with E-state index in [9.17, 15) is 9.59 Å². The third-order valence-corrected chi connectivity index (χ3v) is 5.62. The number of anilines is 2. The fourth-order valence-corrected chi connectivity index (χ4v) is 4.08. The molecular formula is C22H17N5O2S. The third-order valence-electron chi connectivity index (χ3n) is 4.93. The van der Waals surface area contributed by atoms with Crippen molar-refractivity contribution in [3.8, 4) is 16.8 Å². The van der Waals surface area contributed by atoms with E-state index in [0.717, 1.165) is 33.8 Å². The first-order chi connectivity index (χ1) is 14.6. The number of hydrogen-bond acceptors (Lipinski definition) is 5.